The highest BCUT2D eigenvalue weighted by atomic mass is 16.5. The molecule has 0 saturated heterocycles. The molecule has 0 saturated carbocycles. The van der Waals surface area contributed by atoms with E-state index in [1.54, 1.807) is 4.90 Å². The molecule has 0 aromatic heterocycles. The summed E-state index contributed by atoms with van der Waals surface area (Å²) in [6, 6.07) is 30.3. The summed E-state index contributed by atoms with van der Waals surface area (Å²) in [5.74, 6) is 0.800. The summed E-state index contributed by atoms with van der Waals surface area (Å²) in [5.41, 5.74) is 3.75. The fraction of sp³-hybridized carbons (Fsp3) is 0.148. The third kappa shape index (κ3) is 3.61. The molecule has 1 atom stereocenters. The van der Waals surface area contributed by atoms with Crippen molar-refractivity contribution in [2.75, 3.05) is 19.0 Å². The fourth-order valence-corrected chi connectivity index (χ4v) is 4.22. The first-order valence-corrected chi connectivity index (χ1v) is 10.5. The van der Waals surface area contributed by atoms with Crippen molar-refractivity contribution in [3.63, 3.8) is 0 Å². The van der Waals surface area contributed by atoms with Crippen LogP contribution in [0.2, 0.25) is 0 Å². The number of anilines is 1. The number of carbonyl (C=O) groups is 1. The maximum Gasteiger partial charge on any atom is 0.257 e. The van der Waals surface area contributed by atoms with E-state index in [2.05, 4.69) is 35.6 Å². The number of amides is 1. The number of hydrogen-bond acceptors (Lipinski definition) is 3. The molecular formula is C27H24N2O2. The molecule has 0 radical (unpaired) electrons. The minimum absolute atomic E-state index is 0.00233. The van der Waals surface area contributed by atoms with Crippen molar-refractivity contribution in [1.82, 2.24) is 4.90 Å². The van der Waals surface area contributed by atoms with Crippen LogP contribution < -0.4 is 10.1 Å². The molecule has 5 rings (SSSR count). The van der Waals surface area contributed by atoms with Crippen molar-refractivity contribution in [2.24, 2.45) is 0 Å². The van der Waals surface area contributed by atoms with Crippen molar-refractivity contribution in [2.45, 2.75) is 12.6 Å². The number of hydrogen-bond donors (Lipinski definition) is 1. The van der Waals surface area contributed by atoms with Crippen LogP contribution in [0.25, 0.3) is 10.8 Å². The molecule has 0 aliphatic carbocycles. The summed E-state index contributed by atoms with van der Waals surface area (Å²) in [6.07, 6.45) is 0.503. The number of nitrogens with zero attached hydrogens (tertiary/aromatic N) is 1. The molecule has 4 aromatic carbocycles. The van der Waals surface area contributed by atoms with E-state index in [9.17, 15) is 4.79 Å². The van der Waals surface area contributed by atoms with E-state index in [-0.39, 0.29) is 12.1 Å². The van der Waals surface area contributed by atoms with E-state index in [0.29, 0.717) is 12.2 Å². The average molecular weight is 409 g/mol. The number of benzene rings is 4. The van der Waals surface area contributed by atoms with Crippen molar-refractivity contribution < 1.29 is 9.53 Å². The van der Waals surface area contributed by atoms with Crippen LogP contribution in [-0.4, -0.2) is 24.5 Å². The summed E-state index contributed by atoms with van der Waals surface area (Å²) in [4.78, 5) is 14.8. The second-order valence-corrected chi connectivity index (χ2v) is 7.79. The van der Waals surface area contributed by atoms with Gasteiger partial charge in [-0.3, -0.25) is 4.79 Å². The van der Waals surface area contributed by atoms with Crippen LogP contribution in [-0.2, 0) is 6.42 Å². The van der Waals surface area contributed by atoms with Crippen LogP contribution in [0, 0.1) is 0 Å². The Morgan fingerprint density at radius 2 is 1.61 bits per heavy atom. The monoisotopic (exact) mass is 408 g/mol. The second kappa shape index (κ2) is 8.15. The smallest absolute Gasteiger partial charge is 0.257 e. The normalized spacial score (nSPS) is 15.5. The average Bonchev–Trinajstić information content (AvgIpc) is 2.82. The van der Waals surface area contributed by atoms with Gasteiger partial charge in [0.2, 0.25) is 0 Å². The maximum absolute atomic E-state index is 13.1. The first kappa shape index (κ1) is 19.2. The zero-order valence-electron chi connectivity index (χ0n) is 17.4. The highest BCUT2D eigenvalue weighted by Gasteiger charge is 2.32. The standard InChI is InChI=1S/C27H24N2O2/c1-29-26(28-23-14-8-7-13-22(23)27(29)30)25-21-12-6-5-11-20(21)15-16-24(25)31-18-17-19-9-3-2-4-10-19/h2-16,26,28H,17-18H2,1H3. The van der Waals surface area contributed by atoms with Crippen molar-refractivity contribution in [1.29, 1.82) is 0 Å². The molecule has 0 spiro atoms. The summed E-state index contributed by atoms with van der Waals surface area (Å²) in [6.45, 7) is 0.566. The molecule has 1 N–H and O–H groups in total. The molecular weight excluding hydrogens is 384 g/mol. The molecule has 4 aromatic rings. The van der Waals surface area contributed by atoms with Crippen LogP contribution >= 0.6 is 0 Å². The van der Waals surface area contributed by atoms with Crippen LogP contribution in [0.1, 0.15) is 27.7 Å². The Labute approximate surface area is 182 Å². The summed E-state index contributed by atoms with van der Waals surface area (Å²) in [7, 11) is 1.84. The molecule has 1 aliphatic heterocycles. The zero-order chi connectivity index (χ0) is 21.2. The van der Waals surface area contributed by atoms with E-state index in [0.717, 1.165) is 34.2 Å². The number of rotatable bonds is 5. The highest BCUT2D eigenvalue weighted by Crippen LogP contribution is 2.40. The first-order valence-electron chi connectivity index (χ1n) is 10.5. The van der Waals surface area contributed by atoms with Gasteiger partial charge in [0.25, 0.3) is 5.91 Å². The van der Waals surface area contributed by atoms with Gasteiger partial charge in [0, 0.05) is 24.7 Å². The van der Waals surface area contributed by atoms with E-state index < -0.39 is 0 Å². The van der Waals surface area contributed by atoms with Crippen LogP contribution in [0.5, 0.6) is 5.75 Å². The van der Waals surface area contributed by atoms with Crippen LogP contribution in [0.4, 0.5) is 5.69 Å². The van der Waals surface area contributed by atoms with Gasteiger partial charge in [-0.2, -0.15) is 0 Å². The molecule has 4 heteroatoms. The van der Waals surface area contributed by atoms with Crippen molar-refractivity contribution in [3.8, 4) is 5.75 Å². The van der Waals surface area contributed by atoms with Gasteiger partial charge in [0.05, 0.1) is 12.2 Å². The van der Waals surface area contributed by atoms with E-state index in [4.69, 9.17) is 4.74 Å². The zero-order valence-corrected chi connectivity index (χ0v) is 17.4. The van der Waals surface area contributed by atoms with E-state index in [1.807, 2.05) is 67.7 Å². The molecule has 1 heterocycles. The minimum atomic E-state index is -0.319. The molecule has 31 heavy (non-hydrogen) atoms. The Kier molecular flexibility index (Phi) is 5.04. The van der Waals surface area contributed by atoms with Gasteiger partial charge < -0.3 is 15.0 Å². The van der Waals surface area contributed by atoms with E-state index in [1.165, 1.54) is 5.56 Å². The van der Waals surface area contributed by atoms with Gasteiger partial charge >= 0.3 is 0 Å². The van der Waals surface area contributed by atoms with Crippen LogP contribution in [0.3, 0.4) is 0 Å². The number of fused-ring (bicyclic) bond motifs is 2. The Bertz CT molecular complexity index is 1240. The van der Waals surface area contributed by atoms with Gasteiger partial charge in [-0.1, -0.05) is 72.8 Å². The van der Waals surface area contributed by atoms with Gasteiger partial charge in [0.1, 0.15) is 11.9 Å². The topological polar surface area (TPSA) is 41.6 Å². The Morgan fingerprint density at radius 3 is 2.48 bits per heavy atom. The maximum atomic E-state index is 13.1. The lowest BCUT2D eigenvalue weighted by Crippen LogP contribution is -2.40. The molecule has 4 nitrogen and oxygen atoms in total. The third-order valence-corrected chi connectivity index (χ3v) is 5.85. The van der Waals surface area contributed by atoms with Gasteiger partial charge in [-0.15, -0.1) is 0 Å². The molecule has 1 amide bonds. The molecule has 0 bridgehead atoms. The second-order valence-electron chi connectivity index (χ2n) is 7.79. The number of carbonyl (C=O) groups excluding carboxylic acids is 1. The molecule has 1 aliphatic rings. The van der Waals surface area contributed by atoms with Gasteiger partial charge in [-0.25, -0.2) is 0 Å². The van der Waals surface area contributed by atoms with E-state index >= 15 is 0 Å². The Balaban J connectivity index is 1.53. The number of ether oxygens (including phenoxy) is 1. The van der Waals surface area contributed by atoms with Crippen molar-refractivity contribution in [3.05, 3.63) is 108 Å². The third-order valence-electron chi connectivity index (χ3n) is 5.85. The SMILES string of the molecule is CN1C(=O)c2ccccc2NC1c1c(OCCc2ccccc2)ccc2ccccc12. The lowest BCUT2D eigenvalue weighted by Gasteiger charge is -2.36. The predicted molar refractivity (Wildman–Crippen MR) is 124 cm³/mol. The number of para-hydroxylation sites is 1. The molecule has 0 fully saturated rings. The Morgan fingerprint density at radius 1 is 0.871 bits per heavy atom. The predicted octanol–water partition coefficient (Wildman–Crippen LogP) is 5.66. The lowest BCUT2D eigenvalue weighted by molar-refractivity contribution is 0.0734. The van der Waals surface area contributed by atoms with Crippen LogP contribution in [0.15, 0.2) is 91.0 Å². The highest BCUT2D eigenvalue weighted by molar-refractivity contribution is 6.02. The lowest BCUT2D eigenvalue weighted by atomic mass is 9.97. The molecule has 154 valence electrons. The largest absolute Gasteiger partial charge is 0.493 e. The van der Waals surface area contributed by atoms with Gasteiger partial charge in [0.15, 0.2) is 0 Å². The van der Waals surface area contributed by atoms with Gasteiger partial charge in [-0.05, 0) is 34.5 Å². The first-order chi connectivity index (χ1) is 15.2. The summed E-state index contributed by atoms with van der Waals surface area (Å²) >= 11 is 0. The Hall–Kier alpha value is -3.79. The molecule has 1 unspecified atom stereocenters. The summed E-state index contributed by atoms with van der Waals surface area (Å²) < 4.78 is 6.30. The number of nitrogens with one attached hydrogen (secondary N) is 1. The quantitative estimate of drug-likeness (QED) is 0.463. The van der Waals surface area contributed by atoms with Crippen molar-refractivity contribution >= 4 is 22.4 Å². The summed E-state index contributed by atoms with van der Waals surface area (Å²) in [5, 5.41) is 5.76. The fourth-order valence-electron chi connectivity index (χ4n) is 4.22. The minimum Gasteiger partial charge on any atom is -0.493 e.